The van der Waals surface area contributed by atoms with Gasteiger partial charge in [-0.25, -0.2) is 4.98 Å². The average Bonchev–Trinajstić information content (AvgIpc) is 2.64. The van der Waals surface area contributed by atoms with Crippen molar-refractivity contribution < 1.29 is 4.79 Å². The van der Waals surface area contributed by atoms with Gasteiger partial charge in [0, 0.05) is 50.9 Å². The van der Waals surface area contributed by atoms with Crippen molar-refractivity contribution in [3.8, 4) is 0 Å². The third kappa shape index (κ3) is 3.23. The van der Waals surface area contributed by atoms with Gasteiger partial charge in [-0.05, 0) is 19.4 Å². The van der Waals surface area contributed by atoms with E-state index in [2.05, 4.69) is 9.88 Å². The van der Waals surface area contributed by atoms with Gasteiger partial charge in [-0.3, -0.25) is 4.79 Å². The monoisotopic (exact) mass is 262 g/mol. The Hall–Kier alpha value is -1.62. The first kappa shape index (κ1) is 13.8. The number of nitrogens with two attached hydrogens (primary N) is 1. The number of aromatic nitrogens is 1. The summed E-state index contributed by atoms with van der Waals surface area (Å²) in [4.78, 5) is 20.1. The molecule has 0 aromatic carbocycles. The summed E-state index contributed by atoms with van der Waals surface area (Å²) >= 11 is 0. The van der Waals surface area contributed by atoms with Crippen LogP contribution in [0.2, 0.25) is 0 Å². The molecule has 0 unspecified atom stereocenters. The molecule has 1 aromatic rings. The molecule has 0 spiro atoms. The zero-order chi connectivity index (χ0) is 13.8. The van der Waals surface area contributed by atoms with Gasteiger partial charge in [0.05, 0.1) is 0 Å². The van der Waals surface area contributed by atoms with E-state index in [1.165, 1.54) is 0 Å². The van der Waals surface area contributed by atoms with Crippen molar-refractivity contribution in [2.45, 2.75) is 26.3 Å². The lowest BCUT2D eigenvalue weighted by Crippen LogP contribution is -2.34. The van der Waals surface area contributed by atoms with E-state index in [0.717, 1.165) is 44.0 Å². The molecule has 1 atom stereocenters. The van der Waals surface area contributed by atoms with Crippen LogP contribution in [0.15, 0.2) is 18.3 Å². The Morgan fingerprint density at radius 1 is 1.37 bits per heavy atom. The summed E-state index contributed by atoms with van der Waals surface area (Å²) in [5.41, 5.74) is 7.07. The molecule has 0 bridgehead atoms. The summed E-state index contributed by atoms with van der Waals surface area (Å²) < 4.78 is 0. The molecule has 5 heteroatoms. The number of anilines is 1. The van der Waals surface area contributed by atoms with Crippen LogP contribution in [-0.2, 0) is 4.79 Å². The van der Waals surface area contributed by atoms with E-state index >= 15 is 0 Å². The predicted molar refractivity (Wildman–Crippen MR) is 75.9 cm³/mol. The van der Waals surface area contributed by atoms with E-state index in [0.29, 0.717) is 0 Å². The van der Waals surface area contributed by atoms with E-state index in [-0.39, 0.29) is 11.9 Å². The van der Waals surface area contributed by atoms with Gasteiger partial charge in [0.2, 0.25) is 5.91 Å². The highest BCUT2D eigenvalue weighted by Gasteiger charge is 2.20. The van der Waals surface area contributed by atoms with Gasteiger partial charge in [-0.1, -0.05) is 6.07 Å². The van der Waals surface area contributed by atoms with E-state index < -0.39 is 0 Å². The van der Waals surface area contributed by atoms with Gasteiger partial charge in [0.15, 0.2) is 0 Å². The third-order valence-corrected chi connectivity index (χ3v) is 3.55. The molecule has 1 aliphatic heterocycles. The molecule has 1 saturated heterocycles. The normalized spacial score (nSPS) is 18.1. The maximum absolute atomic E-state index is 11.4. The van der Waals surface area contributed by atoms with E-state index in [1.807, 2.05) is 24.0 Å². The Balaban J connectivity index is 2.16. The SMILES string of the molecule is CC(=O)N1CCCN(c2ncccc2[C@@H](C)N)CC1. The third-order valence-electron chi connectivity index (χ3n) is 3.55. The van der Waals surface area contributed by atoms with Gasteiger partial charge < -0.3 is 15.5 Å². The minimum atomic E-state index is -0.0316. The van der Waals surface area contributed by atoms with Crippen LogP contribution in [0.5, 0.6) is 0 Å². The van der Waals surface area contributed by atoms with Crippen LogP contribution >= 0.6 is 0 Å². The Bertz CT molecular complexity index is 447. The maximum Gasteiger partial charge on any atom is 0.219 e. The molecule has 0 aliphatic carbocycles. The first-order valence-corrected chi connectivity index (χ1v) is 6.80. The fourth-order valence-electron chi connectivity index (χ4n) is 2.47. The van der Waals surface area contributed by atoms with Crippen molar-refractivity contribution >= 4 is 11.7 Å². The first-order valence-electron chi connectivity index (χ1n) is 6.80. The lowest BCUT2D eigenvalue weighted by molar-refractivity contribution is -0.128. The van der Waals surface area contributed by atoms with Crippen molar-refractivity contribution in [1.82, 2.24) is 9.88 Å². The summed E-state index contributed by atoms with van der Waals surface area (Å²) in [5, 5.41) is 0. The molecule has 1 aliphatic rings. The highest BCUT2D eigenvalue weighted by atomic mass is 16.2. The smallest absolute Gasteiger partial charge is 0.219 e. The van der Waals surface area contributed by atoms with E-state index in [9.17, 15) is 4.79 Å². The maximum atomic E-state index is 11.4. The molecule has 1 fully saturated rings. The highest BCUT2D eigenvalue weighted by molar-refractivity contribution is 5.73. The fourth-order valence-corrected chi connectivity index (χ4v) is 2.47. The second-order valence-electron chi connectivity index (χ2n) is 5.05. The summed E-state index contributed by atoms with van der Waals surface area (Å²) in [6.45, 7) is 6.91. The fraction of sp³-hybridized carbons (Fsp3) is 0.571. The van der Waals surface area contributed by atoms with Gasteiger partial charge >= 0.3 is 0 Å². The molecule has 104 valence electrons. The molecule has 0 radical (unpaired) electrons. The van der Waals surface area contributed by atoms with Crippen molar-refractivity contribution in [3.63, 3.8) is 0 Å². The van der Waals surface area contributed by atoms with E-state index in [4.69, 9.17) is 5.73 Å². The van der Waals surface area contributed by atoms with Crippen molar-refractivity contribution in [3.05, 3.63) is 23.9 Å². The quantitative estimate of drug-likeness (QED) is 0.868. The van der Waals surface area contributed by atoms with Crippen LogP contribution in [0.4, 0.5) is 5.82 Å². The van der Waals surface area contributed by atoms with Gasteiger partial charge in [0.1, 0.15) is 5.82 Å². The minimum absolute atomic E-state index is 0.0316. The van der Waals surface area contributed by atoms with Gasteiger partial charge in [-0.15, -0.1) is 0 Å². The molecule has 19 heavy (non-hydrogen) atoms. The topological polar surface area (TPSA) is 62.5 Å². The van der Waals surface area contributed by atoms with Gasteiger partial charge in [0.25, 0.3) is 0 Å². The lowest BCUT2D eigenvalue weighted by Gasteiger charge is -2.25. The summed E-state index contributed by atoms with van der Waals surface area (Å²) in [6, 6.07) is 3.92. The van der Waals surface area contributed by atoms with Crippen LogP contribution in [0.3, 0.4) is 0 Å². The van der Waals surface area contributed by atoms with Crippen LogP contribution in [0.25, 0.3) is 0 Å². The zero-order valence-electron chi connectivity index (χ0n) is 11.7. The summed E-state index contributed by atoms with van der Waals surface area (Å²) in [7, 11) is 0. The second-order valence-corrected chi connectivity index (χ2v) is 5.05. The number of nitrogens with zero attached hydrogens (tertiary/aromatic N) is 3. The molecule has 2 heterocycles. The number of rotatable bonds is 2. The summed E-state index contributed by atoms with van der Waals surface area (Å²) in [5.74, 6) is 1.11. The first-order chi connectivity index (χ1) is 9.09. The van der Waals surface area contributed by atoms with E-state index in [1.54, 1.807) is 13.1 Å². The van der Waals surface area contributed by atoms with Crippen molar-refractivity contribution in [2.24, 2.45) is 5.73 Å². The molecule has 2 rings (SSSR count). The standard InChI is InChI=1S/C14H22N4O/c1-11(15)13-5-3-6-16-14(13)18-8-4-7-17(9-10-18)12(2)19/h3,5-6,11H,4,7-10,15H2,1-2H3/t11-/m1/s1. The molecule has 1 aromatic heterocycles. The highest BCUT2D eigenvalue weighted by Crippen LogP contribution is 2.23. The Kier molecular flexibility index (Phi) is 4.37. The number of amides is 1. The molecule has 2 N–H and O–H groups in total. The van der Waals surface area contributed by atoms with Gasteiger partial charge in [-0.2, -0.15) is 0 Å². The largest absolute Gasteiger partial charge is 0.355 e. The van der Waals surface area contributed by atoms with Crippen LogP contribution < -0.4 is 10.6 Å². The van der Waals surface area contributed by atoms with Crippen LogP contribution in [0.1, 0.15) is 31.9 Å². The Labute approximate surface area is 114 Å². The lowest BCUT2D eigenvalue weighted by atomic mass is 10.1. The molecular formula is C14H22N4O. The molecular weight excluding hydrogens is 240 g/mol. The Morgan fingerprint density at radius 2 is 2.16 bits per heavy atom. The van der Waals surface area contributed by atoms with Crippen LogP contribution in [-0.4, -0.2) is 42.0 Å². The second kappa shape index (κ2) is 6.02. The number of carbonyl (C=O) groups excluding carboxylic acids is 1. The minimum Gasteiger partial charge on any atom is -0.355 e. The zero-order valence-corrected chi connectivity index (χ0v) is 11.7. The van der Waals surface area contributed by atoms with Crippen molar-refractivity contribution in [2.75, 3.05) is 31.1 Å². The van der Waals surface area contributed by atoms with Crippen molar-refractivity contribution in [1.29, 1.82) is 0 Å². The molecule has 0 saturated carbocycles. The number of hydrogen-bond acceptors (Lipinski definition) is 4. The molecule has 1 amide bonds. The number of carbonyl (C=O) groups is 1. The van der Waals surface area contributed by atoms with Crippen LogP contribution in [0, 0.1) is 0 Å². The number of hydrogen-bond donors (Lipinski definition) is 1. The summed E-state index contributed by atoms with van der Waals surface area (Å²) in [6.07, 6.45) is 2.77. The Morgan fingerprint density at radius 3 is 2.84 bits per heavy atom. The average molecular weight is 262 g/mol. The predicted octanol–water partition coefficient (Wildman–Crippen LogP) is 1.16. The number of pyridine rings is 1. The molecule has 5 nitrogen and oxygen atoms in total.